The SMILES string of the molecule is CN(C)c1ccc(Sc2ccc(N)cc2)cc1. The molecule has 0 bridgehead atoms. The Bertz CT molecular complexity index is 475. The third-order valence-corrected chi connectivity index (χ3v) is 3.48. The van der Waals surface area contributed by atoms with Crippen molar-refractivity contribution in [3.05, 3.63) is 48.5 Å². The van der Waals surface area contributed by atoms with E-state index < -0.39 is 0 Å². The molecule has 2 N–H and O–H groups in total. The number of hydrogen-bond acceptors (Lipinski definition) is 3. The van der Waals surface area contributed by atoms with Gasteiger partial charge in [-0.3, -0.25) is 0 Å². The Morgan fingerprint density at radius 1 is 0.824 bits per heavy atom. The second kappa shape index (κ2) is 5.15. The zero-order valence-electron chi connectivity index (χ0n) is 10.1. The molecular formula is C14H16N2S. The molecule has 3 heteroatoms. The number of hydrogen-bond donors (Lipinski definition) is 1. The van der Waals surface area contributed by atoms with Crippen molar-refractivity contribution >= 4 is 23.1 Å². The summed E-state index contributed by atoms with van der Waals surface area (Å²) in [6.07, 6.45) is 0. The molecule has 0 aliphatic heterocycles. The molecule has 0 saturated heterocycles. The van der Waals surface area contributed by atoms with E-state index in [2.05, 4.69) is 29.2 Å². The summed E-state index contributed by atoms with van der Waals surface area (Å²) < 4.78 is 0. The maximum atomic E-state index is 5.66. The van der Waals surface area contributed by atoms with Crippen molar-refractivity contribution in [3.63, 3.8) is 0 Å². The first-order valence-electron chi connectivity index (χ1n) is 5.46. The van der Waals surface area contributed by atoms with Gasteiger partial charge in [-0.2, -0.15) is 0 Å². The van der Waals surface area contributed by atoms with Crippen LogP contribution in [0.4, 0.5) is 11.4 Å². The molecule has 2 aromatic rings. The van der Waals surface area contributed by atoms with Crippen LogP contribution in [0.25, 0.3) is 0 Å². The van der Waals surface area contributed by atoms with E-state index in [0.29, 0.717) is 0 Å². The molecule has 0 saturated carbocycles. The second-order valence-electron chi connectivity index (χ2n) is 4.06. The molecule has 17 heavy (non-hydrogen) atoms. The van der Waals surface area contributed by atoms with Gasteiger partial charge in [0.05, 0.1) is 0 Å². The van der Waals surface area contributed by atoms with Gasteiger partial charge in [0.15, 0.2) is 0 Å². The van der Waals surface area contributed by atoms with Crippen LogP contribution in [0.1, 0.15) is 0 Å². The van der Waals surface area contributed by atoms with E-state index in [4.69, 9.17) is 5.73 Å². The lowest BCUT2D eigenvalue weighted by atomic mass is 10.3. The lowest BCUT2D eigenvalue weighted by molar-refractivity contribution is 1.13. The van der Waals surface area contributed by atoms with Crippen molar-refractivity contribution in [2.75, 3.05) is 24.7 Å². The van der Waals surface area contributed by atoms with E-state index in [9.17, 15) is 0 Å². The van der Waals surface area contributed by atoms with Crippen LogP contribution in [0.5, 0.6) is 0 Å². The first kappa shape index (κ1) is 11.9. The molecule has 0 aliphatic carbocycles. The Morgan fingerprint density at radius 3 is 1.76 bits per heavy atom. The van der Waals surface area contributed by atoms with Crippen LogP contribution in [-0.2, 0) is 0 Å². The largest absolute Gasteiger partial charge is 0.399 e. The van der Waals surface area contributed by atoms with Gasteiger partial charge in [-0.25, -0.2) is 0 Å². The fraction of sp³-hybridized carbons (Fsp3) is 0.143. The summed E-state index contributed by atoms with van der Waals surface area (Å²) in [6.45, 7) is 0. The molecule has 2 rings (SSSR count). The van der Waals surface area contributed by atoms with E-state index in [1.165, 1.54) is 15.5 Å². The summed E-state index contributed by atoms with van der Waals surface area (Å²) in [7, 11) is 4.09. The molecule has 0 aromatic heterocycles. The van der Waals surface area contributed by atoms with Crippen LogP contribution >= 0.6 is 11.8 Å². The molecule has 88 valence electrons. The standard InChI is InChI=1S/C14H16N2S/c1-16(2)12-5-9-14(10-6-12)17-13-7-3-11(15)4-8-13/h3-10H,15H2,1-2H3. The predicted octanol–water partition coefficient (Wildman–Crippen LogP) is 3.49. The molecule has 2 nitrogen and oxygen atoms in total. The maximum Gasteiger partial charge on any atom is 0.0361 e. The minimum atomic E-state index is 0.803. The van der Waals surface area contributed by atoms with Crippen molar-refractivity contribution < 1.29 is 0 Å². The van der Waals surface area contributed by atoms with Crippen molar-refractivity contribution in [3.8, 4) is 0 Å². The first-order valence-corrected chi connectivity index (χ1v) is 6.27. The number of anilines is 2. The first-order chi connectivity index (χ1) is 8.15. The third kappa shape index (κ3) is 3.17. The van der Waals surface area contributed by atoms with Gasteiger partial charge >= 0.3 is 0 Å². The van der Waals surface area contributed by atoms with Crippen LogP contribution in [0.15, 0.2) is 58.3 Å². The Balaban J connectivity index is 2.11. The van der Waals surface area contributed by atoms with Crippen LogP contribution in [0, 0.1) is 0 Å². The number of nitrogens with zero attached hydrogens (tertiary/aromatic N) is 1. The average molecular weight is 244 g/mol. The van der Waals surface area contributed by atoms with Crippen molar-refractivity contribution in [2.45, 2.75) is 9.79 Å². The minimum absolute atomic E-state index is 0.803. The average Bonchev–Trinajstić information content (AvgIpc) is 2.33. The molecule has 2 aromatic carbocycles. The van der Waals surface area contributed by atoms with Crippen LogP contribution in [0.3, 0.4) is 0 Å². The highest BCUT2D eigenvalue weighted by molar-refractivity contribution is 7.99. The van der Waals surface area contributed by atoms with Gasteiger partial charge in [0.2, 0.25) is 0 Å². The van der Waals surface area contributed by atoms with Crippen LogP contribution in [0.2, 0.25) is 0 Å². The van der Waals surface area contributed by atoms with Gasteiger partial charge in [-0.1, -0.05) is 11.8 Å². The van der Waals surface area contributed by atoms with Crippen molar-refractivity contribution in [1.82, 2.24) is 0 Å². The lowest BCUT2D eigenvalue weighted by Gasteiger charge is -2.12. The molecule has 0 amide bonds. The Morgan fingerprint density at radius 2 is 1.29 bits per heavy atom. The van der Waals surface area contributed by atoms with Gasteiger partial charge in [0.25, 0.3) is 0 Å². The van der Waals surface area contributed by atoms with Gasteiger partial charge in [0, 0.05) is 35.3 Å². The summed E-state index contributed by atoms with van der Waals surface area (Å²) in [5, 5.41) is 0. The van der Waals surface area contributed by atoms with E-state index >= 15 is 0 Å². The highest BCUT2D eigenvalue weighted by Crippen LogP contribution is 2.29. The number of nitrogen functional groups attached to an aromatic ring is 1. The second-order valence-corrected chi connectivity index (χ2v) is 5.21. The van der Waals surface area contributed by atoms with Crippen molar-refractivity contribution in [2.24, 2.45) is 0 Å². The summed E-state index contributed by atoms with van der Waals surface area (Å²) in [6, 6.07) is 16.5. The van der Waals surface area contributed by atoms with Gasteiger partial charge in [0.1, 0.15) is 0 Å². The summed E-state index contributed by atoms with van der Waals surface area (Å²) in [5.74, 6) is 0. The number of nitrogens with two attached hydrogens (primary N) is 1. The molecular weight excluding hydrogens is 228 g/mol. The Kier molecular flexibility index (Phi) is 3.59. The van der Waals surface area contributed by atoms with Gasteiger partial charge in [-0.05, 0) is 48.5 Å². The normalized spacial score (nSPS) is 10.2. The highest BCUT2D eigenvalue weighted by Gasteiger charge is 1.99. The molecule has 0 radical (unpaired) electrons. The smallest absolute Gasteiger partial charge is 0.0361 e. The van der Waals surface area contributed by atoms with Gasteiger partial charge < -0.3 is 10.6 Å². The molecule has 0 heterocycles. The summed E-state index contributed by atoms with van der Waals surface area (Å²) in [4.78, 5) is 4.54. The van der Waals surface area contributed by atoms with Crippen LogP contribution in [-0.4, -0.2) is 14.1 Å². The van der Waals surface area contributed by atoms with E-state index in [1.807, 2.05) is 38.4 Å². The quantitative estimate of drug-likeness (QED) is 0.838. The number of rotatable bonds is 3. The monoisotopic (exact) mass is 244 g/mol. The molecule has 0 spiro atoms. The highest BCUT2D eigenvalue weighted by atomic mass is 32.2. The minimum Gasteiger partial charge on any atom is -0.399 e. The van der Waals surface area contributed by atoms with E-state index in [0.717, 1.165) is 5.69 Å². The topological polar surface area (TPSA) is 29.3 Å². The molecule has 0 aliphatic rings. The fourth-order valence-electron chi connectivity index (χ4n) is 1.48. The van der Waals surface area contributed by atoms with Crippen molar-refractivity contribution in [1.29, 1.82) is 0 Å². The molecule has 0 unspecified atom stereocenters. The zero-order chi connectivity index (χ0) is 12.3. The summed E-state index contributed by atoms with van der Waals surface area (Å²) in [5.41, 5.74) is 7.68. The molecule has 0 fully saturated rings. The zero-order valence-corrected chi connectivity index (χ0v) is 10.9. The van der Waals surface area contributed by atoms with Crippen LogP contribution < -0.4 is 10.6 Å². The van der Waals surface area contributed by atoms with E-state index in [1.54, 1.807) is 11.8 Å². The lowest BCUT2D eigenvalue weighted by Crippen LogP contribution is -2.07. The number of benzene rings is 2. The van der Waals surface area contributed by atoms with E-state index in [-0.39, 0.29) is 0 Å². The van der Waals surface area contributed by atoms with Gasteiger partial charge in [-0.15, -0.1) is 0 Å². The fourth-order valence-corrected chi connectivity index (χ4v) is 2.30. The third-order valence-electron chi connectivity index (χ3n) is 2.47. The Hall–Kier alpha value is -1.61. The predicted molar refractivity (Wildman–Crippen MR) is 75.7 cm³/mol. The Labute approximate surface area is 106 Å². The molecule has 0 atom stereocenters. The summed E-state index contributed by atoms with van der Waals surface area (Å²) >= 11 is 1.74. The maximum absolute atomic E-state index is 5.66.